The van der Waals surface area contributed by atoms with Gasteiger partial charge in [-0.05, 0) is 143 Å². The van der Waals surface area contributed by atoms with E-state index < -0.39 is 0 Å². The number of nitrogens with one attached hydrogen (secondary N) is 1. The maximum absolute atomic E-state index is 7.07. The lowest BCUT2D eigenvalue weighted by atomic mass is 9.72. The Morgan fingerprint density at radius 1 is 0.784 bits per heavy atom. The second-order valence-electron chi connectivity index (χ2n) is 15.7. The SMILES string of the molecule is C#CCOc1ccc(C2=CSC(c3c(C)c(C)c(C)c4c3Oc3cc5c(cc3O4)C(C)(C)CC53CC(C)(C)c4cc(OC)c(OC)cc43)N2)cc1. The van der Waals surface area contributed by atoms with E-state index >= 15 is 0 Å². The molecule has 7 heteroatoms. The maximum Gasteiger partial charge on any atom is 0.176 e. The van der Waals surface area contributed by atoms with Crippen LogP contribution in [0, 0.1) is 33.1 Å². The van der Waals surface area contributed by atoms with Gasteiger partial charge in [-0.3, -0.25) is 0 Å². The summed E-state index contributed by atoms with van der Waals surface area (Å²) in [5, 5.41) is 5.90. The molecule has 2 aliphatic heterocycles. The van der Waals surface area contributed by atoms with Gasteiger partial charge >= 0.3 is 0 Å². The van der Waals surface area contributed by atoms with E-state index in [0.717, 1.165) is 75.5 Å². The van der Waals surface area contributed by atoms with Crippen molar-refractivity contribution in [3.8, 4) is 52.6 Å². The molecule has 0 amide bonds. The minimum absolute atomic E-state index is 0.0553. The maximum atomic E-state index is 7.07. The summed E-state index contributed by atoms with van der Waals surface area (Å²) in [6.45, 7) is 16.2. The van der Waals surface area contributed by atoms with E-state index in [4.69, 9.17) is 30.1 Å². The smallest absolute Gasteiger partial charge is 0.176 e. The van der Waals surface area contributed by atoms with Crippen molar-refractivity contribution in [2.45, 2.75) is 82.9 Å². The fourth-order valence-electron chi connectivity index (χ4n) is 9.17. The average molecular weight is 700 g/mol. The van der Waals surface area contributed by atoms with Crippen molar-refractivity contribution >= 4 is 17.5 Å². The Labute approximate surface area is 305 Å². The number of rotatable bonds is 6. The summed E-state index contributed by atoms with van der Waals surface area (Å²) < 4.78 is 31.2. The van der Waals surface area contributed by atoms with Crippen LogP contribution in [0.2, 0.25) is 0 Å². The fraction of sp³-hybridized carbons (Fsp3) is 0.364. The number of methoxy groups -OCH3 is 2. The first-order valence-electron chi connectivity index (χ1n) is 17.6. The van der Waals surface area contributed by atoms with Gasteiger partial charge in [-0.15, -0.1) is 18.2 Å². The molecule has 2 atom stereocenters. The van der Waals surface area contributed by atoms with Gasteiger partial charge in [-0.25, -0.2) is 0 Å². The molecule has 4 aromatic rings. The Morgan fingerprint density at radius 2 is 1.35 bits per heavy atom. The summed E-state index contributed by atoms with van der Waals surface area (Å²) in [6, 6.07) is 17.0. The van der Waals surface area contributed by atoms with Gasteiger partial charge in [0.15, 0.2) is 34.5 Å². The molecule has 2 aliphatic carbocycles. The summed E-state index contributed by atoms with van der Waals surface area (Å²) >= 11 is 1.74. The Hall–Kier alpha value is -4.67. The molecular weight excluding hydrogens is 655 g/mol. The summed E-state index contributed by atoms with van der Waals surface area (Å²) in [5.41, 5.74) is 11.6. The molecule has 1 spiro atoms. The van der Waals surface area contributed by atoms with Crippen LogP contribution in [0.1, 0.15) is 96.0 Å². The molecule has 0 aromatic heterocycles. The molecule has 0 bridgehead atoms. The summed E-state index contributed by atoms with van der Waals surface area (Å²) in [5.74, 6) is 7.91. The number of terminal acetylenes is 1. The van der Waals surface area contributed by atoms with Gasteiger partial charge in [0, 0.05) is 16.7 Å². The van der Waals surface area contributed by atoms with Crippen LogP contribution >= 0.6 is 11.8 Å². The second-order valence-corrected chi connectivity index (χ2v) is 16.6. The predicted molar refractivity (Wildman–Crippen MR) is 205 cm³/mol. The second kappa shape index (κ2) is 11.7. The summed E-state index contributed by atoms with van der Waals surface area (Å²) in [7, 11) is 3.43. The number of ether oxygens (including phenoxy) is 5. The molecule has 0 saturated carbocycles. The lowest BCUT2D eigenvalue weighted by Crippen LogP contribution is -2.27. The topological polar surface area (TPSA) is 58.2 Å². The van der Waals surface area contributed by atoms with Gasteiger partial charge in [0.1, 0.15) is 17.7 Å². The Kier molecular flexibility index (Phi) is 7.67. The Bertz CT molecular complexity index is 2190. The minimum atomic E-state index is -0.207. The monoisotopic (exact) mass is 699 g/mol. The van der Waals surface area contributed by atoms with Gasteiger partial charge in [-0.2, -0.15) is 0 Å². The van der Waals surface area contributed by atoms with Gasteiger partial charge in [0.25, 0.3) is 0 Å². The fourth-order valence-corrected chi connectivity index (χ4v) is 10.3. The van der Waals surface area contributed by atoms with Crippen LogP contribution in [0.5, 0.6) is 40.2 Å². The van der Waals surface area contributed by atoms with Crippen molar-refractivity contribution in [1.29, 1.82) is 0 Å². The van der Waals surface area contributed by atoms with E-state index in [2.05, 4.69) is 102 Å². The Balaban J connectivity index is 1.19. The molecule has 1 N–H and O–H groups in total. The van der Waals surface area contributed by atoms with Crippen LogP contribution in [0.15, 0.2) is 53.9 Å². The van der Waals surface area contributed by atoms with E-state index in [0.29, 0.717) is 0 Å². The molecule has 8 rings (SSSR count). The van der Waals surface area contributed by atoms with Crippen molar-refractivity contribution < 1.29 is 23.7 Å². The molecule has 2 unspecified atom stereocenters. The molecule has 262 valence electrons. The average Bonchev–Trinajstić information content (AvgIpc) is 3.74. The van der Waals surface area contributed by atoms with Crippen molar-refractivity contribution in [3.63, 3.8) is 0 Å². The van der Waals surface area contributed by atoms with Gasteiger partial charge in [0.05, 0.1) is 14.2 Å². The third-order valence-corrected chi connectivity index (χ3v) is 12.7. The van der Waals surface area contributed by atoms with Gasteiger partial charge in [0.2, 0.25) is 0 Å². The van der Waals surface area contributed by atoms with Gasteiger partial charge < -0.3 is 29.0 Å². The lowest BCUT2D eigenvalue weighted by Gasteiger charge is -2.32. The molecule has 4 aromatic carbocycles. The zero-order chi connectivity index (χ0) is 36.0. The lowest BCUT2D eigenvalue weighted by molar-refractivity contribution is 0.346. The van der Waals surface area contributed by atoms with Crippen LogP contribution in [0.25, 0.3) is 5.70 Å². The van der Waals surface area contributed by atoms with E-state index in [1.165, 1.54) is 33.4 Å². The number of hydrogen-bond acceptors (Lipinski definition) is 7. The van der Waals surface area contributed by atoms with E-state index in [-0.39, 0.29) is 28.2 Å². The van der Waals surface area contributed by atoms with Crippen LogP contribution in [-0.2, 0) is 16.2 Å². The van der Waals surface area contributed by atoms with Crippen LogP contribution in [0.4, 0.5) is 0 Å². The molecule has 0 fully saturated rings. The van der Waals surface area contributed by atoms with E-state index in [1.54, 1.807) is 26.0 Å². The molecule has 6 nitrogen and oxygen atoms in total. The first kappa shape index (κ1) is 33.5. The van der Waals surface area contributed by atoms with Crippen molar-refractivity contribution in [2.75, 3.05) is 20.8 Å². The normalized spacial score (nSPS) is 21.3. The Morgan fingerprint density at radius 3 is 1.98 bits per heavy atom. The molecule has 4 aliphatic rings. The summed E-state index contributed by atoms with van der Waals surface area (Å²) in [4.78, 5) is 0. The van der Waals surface area contributed by atoms with E-state index in [9.17, 15) is 0 Å². The highest BCUT2D eigenvalue weighted by molar-refractivity contribution is 8.02. The standard InChI is InChI=1S/C44H45NO5S/c1-11-16-48-28-14-12-27(13-15-28)33-21-51-41(45-33)38-25(3)24(2)26(4)39-40(38)50-37-20-32-30(18-36(37)49-39)43(7,8)23-44(32)22-42(5,6)29-17-34(46-9)35(47-10)19-31(29)44/h1,12-15,17-21,41,45H,16,22-23H2,2-10H3. The largest absolute Gasteiger partial charge is 0.493 e. The molecule has 2 heterocycles. The third kappa shape index (κ3) is 5.01. The van der Waals surface area contributed by atoms with Crippen LogP contribution in [0.3, 0.4) is 0 Å². The van der Waals surface area contributed by atoms with Crippen LogP contribution < -0.4 is 29.0 Å². The number of thioether (sulfide) groups is 1. The van der Waals surface area contributed by atoms with E-state index in [1.807, 2.05) is 12.1 Å². The first-order valence-corrected chi connectivity index (χ1v) is 18.5. The molecule has 0 saturated heterocycles. The number of benzene rings is 4. The zero-order valence-electron chi connectivity index (χ0n) is 30.9. The van der Waals surface area contributed by atoms with Crippen molar-refractivity contribution in [1.82, 2.24) is 5.32 Å². The highest BCUT2D eigenvalue weighted by Gasteiger charge is 2.57. The number of fused-ring (bicyclic) bond motifs is 6. The molecular formula is C44H45NO5S. The third-order valence-electron chi connectivity index (χ3n) is 11.7. The molecule has 51 heavy (non-hydrogen) atoms. The molecule has 0 radical (unpaired) electrons. The highest BCUT2D eigenvalue weighted by atomic mass is 32.2. The van der Waals surface area contributed by atoms with Crippen molar-refractivity contribution in [3.05, 3.63) is 104 Å². The number of hydrogen-bond donors (Lipinski definition) is 1. The quantitative estimate of drug-likeness (QED) is 0.177. The minimum Gasteiger partial charge on any atom is -0.493 e. The van der Waals surface area contributed by atoms with Gasteiger partial charge in [-0.1, -0.05) is 33.6 Å². The summed E-state index contributed by atoms with van der Waals surface area (Å²) in [6.07, 6.45) is 7.33. The highest BCUT2D eigenvalue weighted by Crippen LogP contribution is 2.66. The zero-order valence-corrected chi connectivity index (χ0v) is 31.7. The predicted octanol–water partition coefficient (Wildman–Crippen LogP) is 10.5. The first-order chi connectivity index (χ1) is 24.3. The van der Waals surface area contributed by atoms with Crippen molar-refractivity contribution in [2.24, 2.45) is 0 Å². The van der Waals surface area contributed by atoms with Crippen LogP contribution in [-0.4, -0.2) is 20.8 Å².